The lowest BCUT2D eigenvalue weighted by Crippen LogP contribution is -2.40. The molecule has 0 bridgehead atoms. The molecule has 104 valence electrons. The predicted molar refractivity (Wildman–Crippen MR) is 68.0 cm³/mol. The number of amides is 1. The Hall–Kier alpha value is -1.67. The van der Waals surface area contributed by atoms with Gasteiger partial charge in [0, 0.05) is 31.5 Å². The average Bonchev–Trinajstić information content (AvgIpc) is 3.12. The highest BCUT2D eigenvalue weighted by molar-refractivity contribution is 7.89. The second-order valence-electron chi connectivity index (χ2n) is 4.48. The van der Waals surface area contributed by atoms with Gasteiger partial charge in [-0.15, -0.1) is 0 Å². The molecule has 19 heavy (non-hydrogen) atoms. The van der Waals surface area contributed by atoms with Gasteiger partial charge in [0.25, 0.3) is 0 Å². The van der Waals surface area contributed by atoms with Crippen molar-refractivity contribution in [3.8, 4) is 0 Å². The van der Waals surface area contributed by atoms with E-state index in [0.717, 1.165) is 29.4 Å². The molecule has 1 aliphatic rings. The Bertz CT molecular complexity index is 633. The monoisotopic (exact) mass is 285 g/mol. The summed E-state index contributed by atoms with van der Waals surface area (Å²) in [5.74, 6) is -0.360. The molecule has 1 aromatic heterocycles. The number of aromatic nitrogens is 1. The predicted octanol–water partition coefficient (Wildman–Crippen LogP) is -0.726. The van der Waals surface area contributed by atoms with Crippen LogP contribution in [0.5, 0.6) is 0 Å². The van der Waals surface area contributed by atoms with Crippen molar-refractivity contribution in [1.82, 2.24) is 14.6 Å². The van der Waals surface area contributed by atoms with Gasteiger partial charge in [-0.3, -0.25) is 9.59 Å². The van der Waals surface area contributed by atoms with Gasteiger partial charge in [0.2, 0.25) is 21.4 Å². The van der Waals surface area contributed by atoms with Gasteiger partial charge in [-0.2, -0.15) is 4.31 Å². The first kappa shape index (κ1) is 13.8. The lowest BCUT2D eigenvalue weighted by molar-refractivity contribution is -0.121. The fourth-order valence-corrected chi connectivity index (χ4v) is 2.72. The van der Waals surface area contributed by atoms with Gasteiger partial charge >= 0.3 is 0 Å². The number of nitrogens with one attached hydrogen (secondary N) is 2. The van der Waals surface area contributed by atoms with E-state index in [1.54, 1.807) is 0 Å². The number of hydrogen-bond donors (Lipinski definition) is 2. The largest absolute Gasteiger partial charge is 0.366 e. The molecular weight excluding hydrogens is 270 g/mol. The quantitative estimate of drug-likeness (QED) is 0.745. The van der Waals surface area contributed by atoms with E-state index in [4.69, 9.17) is 0 Å². The van der Waals surface area contributed by atoms with Crippen LogP contribution in [-0.2, 0) is 14.8 Å². The molecular formula is C11H15N3O4S. The van der Waals surface area contributed by atoms with E-state index in [1.807, 2.05) is 0 Å². The smallest absolute Gasteiger partial charge is 0.248 e. The summed E-state index contributed by atoms with van der Waals surface area (Å²) in [5, 5.41) is 2.69. The number of sulfonamides is 1. The first-order valence-electron chi connectivity index (χ1n) is 5.84. The number of carbonyl (C=O) groups excluding carboxylic acids is 1. The van der Waals surface area contributed by atoms with Crippen LogP contribution < -0.4 is 10.7 Å². The molecule has 2 rings (SSSR count). The number of aromatic amines is 1. The summed E-state index contributed by atoms with van der Waals surface area (Å²) in [6.45, 7) is -0.298. The van der Waals surface area contributed by atoms with Gasteiger partial charge in [-0.25, -0.2) is 8.42 Å². The third kappa shape index (κ3) is 3.21. The number of likely N-dealkylation sites (N-methyl/N-ethyl adjacent to an activating group) is 1. The number of hydrogen-bond acceptors (Lipinski definition) is 4. The molecule has 0 radical (unpaired) electrons. The van der Waals surface area contributed by atoms with Crippen LogP contribution in [0.4, 0.5) is 0 Å². The maximum absolute atomic E-state index is 12.1. The molecule has 0 unspecified atom stereocenters. The first-order valence-corrected chi connectivity index (χ1v) is 7.28. The molecule has 1 heterocycles. The fraction of sp³-hybridized carbons (Fsp3) is 0.455. The van der Waals surface area contributed by atoms with Crippen molar-refractivity contribution in [3.63, 3.8) is 0 Å². The minimum Gasteiger partial charge on any atom is -0.366 e. The average molecular weight is 285 g/mol. The van der Waals surface area contributed by atoms with Gasteiger partial charge in [-0.1, -0.05) is 0 Å². The molecule has 1 amide bonds. The molecule has 0 aromatic carbocycles. The number of pyridine rings is 1. The van der Waals surface area contributed by atoms with E-state index >= 15 is 0 Å². The first-order chi connectivity index (χ1) is 8.91. The van der Waals surface area contributed by atoms with E-state index in [2.05, 4.69) is 10.3 Å². The molecule has 0 atom stereocenters. The molecule has 1 saturated carbocycles. The van der Waals surface area contributed by atoms with Crippen LogP contribution in [0.2, 0.25) is 0 Å². The van der Waals surface area contributed by atoms with Gasteiger partial charge < -0.3 is 10.3 Å². The summed E-state index contributed by atoms with van der Waals surface area (Å²) in [5.41, 5.74) is -0.604. The van der Waals surface area contributed by atoms with Crippen molar-refractivity contribution >= 4 is 15.9 Å². The second kappa shape index (κ2) is 5.14. The standard InChI is InChI=1S/C11H15N3O4S/c1-14(7-11(16)13-8-2-3-8)19(17,18)10-6-12-5-4-9(10)15/h4-6,8H,2-3,7H2,1H3,(H,12,15)(H,13,16). The minimum atomic E-state index is -3.95. The maximum Gasteiger partial charge on any atom is 0.248 e. The normalized spacial score (nSPS) is 15.5. The maximum atomic E-state index is 12.1. The van der Waals surface area contributed by atoms with Crippen molar-refractivity contribution in [2.45, 2.75) is 23.8 Å². The Morgan fingerprint density at radius 2 is 2.21 bits per heavy atom. The molecule has 1 fully saturated rings. The van der Waals surface area contributed by atoms with Crippen molar-refractivity contribution in [3.05, 3.63) is 28.7 Å². The minimum absolute atomic E-state index is 0.170. The van der Waals surface area contributed by atoms with Crippen molar-refractivity contribution in [1.29, 1.82) is 0 Å². The van der Waals surface area contributed by atoms with Crippen LogP contribution in [0.1, 0.15) is 12.8 Å². The Morgan fingerprint density at radius 3 is 2.79 bits per heavy atom. The molecule has 1 aliphatic carbocycles. The second-order valence-corrected chi connectivity index (χ2v) is 6.49. The zero-order chi connectivity index (χ0) is 14.0. The summed E-state index contributed by atoms with van der Waals surface area (Å²) in [6, 6.07) is 1.30. The number of rotatable bonds is 5. The van der Waals surface area contributed by atoms with E-state index < -0.39 is 15.5 Å². The van der Waals surface area contributed by atoms with Gasteiger partial charge in [0.1, 0.15) is 4.90 Å². The summed E-state index contributed by atoms with van der Waals surface area (Å²) >= 11 is 0. The highest BCUT2D eigenvalue weighted by Crippen LogP contribution is 2.18. The summed E-state index contributed by atoms with van der Waals surface area (Å²) in [6.07, 6.45) is 4.33. The molecule has 7 nitrogen and oxygen atoms in total. The molecule has 0 spiro atoms. The van der Waals surface area contributed by atoms with Crippen LogP contribution in [0.15, 0.2) is 28.2 Å². The number of H-pyrrole nitrogens is 1. The zero-order valence-electron chi connectivity index (χ0n) is 10.4. The summed E-state index contributed by atoms with van der Waals surface area (Å²) < 4.78 is 25.1. The number of carbonyl (C=O) groups is 1. The van der Waals surface area contributed by atoms with Crippen LogP contribution in [0.25, 0.3) is 0 Å². The Morgan fingerprint density at radius 1 is 1.53 bits per heavy atom. The van der Waals surface area contributed by atoms with Crippen LogP contribution in [-0.4, -0.2) is 43.2 Å². The SMILES string of the molecule is CN(CC(=O)NC1CC1)S(=O)(=O)c1c[nH]ccc1=O. The Labute approximate surface area is 110 Å². The molecule has 0 aliphatic heterocycles. The number of nitrogens with zero attached hydrogens (tertiary/aromatic N) is 1. The third-order valence-corrected chi connectivity index (χ3v) is 4.61. The third-order valence-electron chi connectivity index (χ3n) is 2.79. The van der Waals surface area contributed by atoms with Gasteiger partial charge in [0.05, 0.1) is 6.54 Å². The molecule has 1 aromatic rings. The highest BCUT2D eigenvalue weighted by Gasteiger charge is 2.28. The zero-order valence-corrected chi connectivity index (χ0v) is 11.2. The fourth-order valence-electron chi connectivity index (χ4n) is 1.56. The van der Waals surface area contributed by atoms with E-state index in [1.165, 1.54) is 13.2 Å². The van der Waals surface area contributed by atoms with Crippen molar-refractivity contribution in [2.24, 2.45) is 0 Å². The highest BCUT2D eigenvalue weighted by atomic mass is 32.2. The van der Waals surface area contributed by atoms with Crippen LogP contribution in [0.3, 0.4) is 0 Å². The summed E-state index contributed by atoms with van der Waals surface area (Å²) in [7, 11) is -2.68. The van der Waals surface area contributed by atoms with Crippen LogP contribution in [0, 0.1) is 0 Å². The topological polar surface area (TPSA) is 99.3 Å². The van der Waals surface area contributed by atoms with Crippen molar-refractivity contribution < 1.29 is 13.2 Å². The molecule has 2 N–H and O–H groups in total. The van der Waals surface area contributed by atoms with E-state index in [0.29, 0.717) is 0 Å². The molecule has 8 heteroatoms. The Balaban J connectivity index is 2.12. The van der Waals surface area contributed by atoms with Crippen LogP contribution >= 0.6 is 0 Å². The Kier molecular flexibility index (Phi) is 3.72. The lowest BCUT2D eigenvalue weighted by atomic mass is 10.5. The molecule has 0 saturated heterocycles. The van der Waals surface area contributed by atoms with E-state index in [9.17, 15) is 18.0 Å². The van der Waals surface area contributed by atoms with E-state index in [-0.39, 0.29) is 23.4 Å². The van der Waals surface area contributed by atoms with Gasteiger partial charge in [0.15, 0.2) is 0 Å². The van der Waals surface area contributed by atoms with Crippen molar-refractivity contribution in [2.75, 3.05) is 13.6 Å². The lowest BCUT2D eigenvalue weighted by Gasteiger charge is -2.16. The van der Waals surface area contributed by atoms with Gasteiger partial charge in [-0.05, 0) is 12.8 Å². The summed E-state index contributed by atoms with van der Waals surface area (Å²) in [4.78, 5) is 25.3.